The summed E-state index contributed by atoms with van der Waals surface area (Å²) in [5.41, 5.74) is 0.940. The second-order valence-electron chi connectivity index (χ2n) is 6.20. The molecule has 4 nitrogen and oxygen atoms in total. The van der Waals surface area contributed by atoms with E-state index in [0.717, 1.165) is 22.9 Å². The third kappa shape index (κ3) is 3.36. The lowest BCUT2D eigenvalue weighted by atomic mass is 10.0. The fourth-order valence-electron chi connectivity index (χ4n) is 3.46. The zero-order valence-corrected chi connectivity index (χ0v) is 16.0. The van der Waals surface area contributed by atoms with Gasteiger partial charge in [0, 0.05) is 29.6 Å². The number of nitrogens with one attached hydrogen (secondary N) is 1. The molecule has 2 aliphatic rings. The molecule has 2 heterocycles. The topological polar surface area (TPSA) is 49.4 Å². The van der Waals surface area contributed by atoms with Gasteiger partial charge < -0.3 is 5.32 Å². The van der Waals surface area contributed by atoms with Gasteiger partial charge in [0.1, 0.15) is 0 Å². The van der Waals surface area contributed by atoms with Gasteiger partial charge >= 0.3 is 0 Å². The van der Waals surface area contributed by atoms with Gasteiger partial charge in [-0.3, -0.25) is 0 Å². The van der Waals surface area contributed by atoms with Crippen LogP contribution in [0.4, 0.5) is 0 Å². The van der Waals surface area contributed by atoms with Gasteiger partial charge in [-0.15, -0.1) is 12.4 Å². The number of piperidine rings is 1. The summed E-state index contributed by atoms with van der Waals surface area (Å²) in [6, 6.07) is 6.31. The van der Waals surface area contributed by atoms with Crippen LogP contribution in [-0.2, 0) is 10.0 Å². The number of benzene rings is 1. The number of hydrogen-bond acceptors (Lipinski definition) is 3. The number of halogens is 2. The molecular weight excluding hydrogens is 388 g/mol. The van der Waals surface area contributed by atoms with Crippen LogP contribution in [0.1, 0.15) is 31.2 Å². The first-order chi connectivity index (χ1) is 9.88. The van der Waals surface area contributed by atoms with Gasteiger partial charge in [0.15, 0.2) is 0 Å². The van der Waals surface area contributed by atoms with E-state index in [4.69, 9.17) is 0 Å². The van der Waals surface area contributed by atoms with Gasteiger partial charge in [-0.1, -0.05) is 15.9 Å². The number of fused-ring (bicyclic) bond motifs is 2. The molecule has 2 unspecified atom stereocenters. The summed E-state index contributed by atoms with van der Waals surface area (Å²) >= 11 is 3.42. The second-order valence-corrected chi connectivity index (χ2v) is 9.05. The van der Waals surface area contributed by atoms with Crippen molar-refractivity contribution in [2.75, 3.05) is 7.05 Å². The van der Waals surface area contributed by atoms with Gasteiger partial charge in [0.05, 0.1) is 4.90 Å². The van der Waals surface area contributed by atoms with E-state index in [2.05, 4.69) is 21.2 Å². The van der Waals surface area contributed by atoms with Gasteiger partial charge in [0.25, 0.3) is 0 Å². The van der Waals surface area contributed by atoms with Crippen molar-refractivity contribution in [3.63, 3.8) is 0 Å². The molecule has 3 rings (SSSR count). The Bertz CT molecular complexity index is 641. The minimum Gasteiger partial charge on any atom is -0.311 e. The van der Waals surface area contributed by atoms with E-state index in [9.17, 15) is 8.42 Å². The summed E-state index contributed by atoms with van der Waals surface area (Å²) in [5.74, 6) is 0. The van der Waals surface area contributed by atoms with Crippen molar-refractivity contribution in [3.8, 4) is 0 Å². The molecule has 1 N–H and O–H groups in total. The summed E-state index contributed by atoms with van der Waals surface area (Å²) in [5, 5.41) is 3.56. The van der Waals surface area contributed by atoms with Gasteiger partial charge in [-0.05, 0) is 56.4 Å². The van der Waals surface area contributed by atoms with Crippen LogP contribution >= 0.6 is 28.3 Å². The largest absolute Gasteiger partial charge is 0.311 e. The summed E-state index contributed by atoms with van der Waals surface area (Å²) in [7, 11) is -1.69. The molecule has 7 heteroatoms. The Kier molecular flexibility index (Phi) is 5.60. The maximum Gasteiger partial charge on any atom is 0.243 e. The average Bonchev–Trinajstić information content (AvgIpc) is 2.79. The lowest BCUT2D eigenvalue weighted by Gasteiger charge is -2.34. The Balaban J connectivity index is 0.00000176. The molecule has 2 fully saturated rings. The molecule has 0 aliphatic carbocycles. The smallest absolute Gasteiger partial charge is 0.243 e. The molecule has 124 valence electrons. The van der Waals surface area contributed by atoms with Gasteiger partial charge in [-0.2, -0.15) is 4.31 Å². The minimum absolute atomic E-state index is 0. The molecule has 0 spiro atoms. The normalized spacial score (nSPS) is 27.7. The van der Waals surface area contributed by atoms with Crippen molar-refractivity contribution in [1.82, 2.24) is 9.62 Å². The highest BCUT2D eigenvalue weighted by Gasteiger charge is 2.38. The van der Waals surface area contributed by atoms with E-state index in [1.54, 1.807) is 23.5 Å². The Morgan fingerprint density at radius 3 is 2.36 bits per heavy atom. The predicted octanol–water partition coefficient (Wildman–Crippen LogP) is 3.08. The average molecular weight is 410 g/mol. The van der Waals surface area contributed by atoms with E-state index >= 15 is 0 Å². The van der Waals surface area contributed by atoms with Crippen LogP contribution in [0.25, 0.3) is 0 Å². The third-order valence-corrected chi connectivity index (χ3v) is 7.56. The number of hydrogen-bond donors (Lipinski definition) is 1. The molecule has 2 atom stereocenters. The summed E-state index contributed by atoms with van der Waals surface area (Å²) < 4.78 is 28.2. The lowest BCUT2D eigenvalue weighted by molar-refractivity contribution is 0.251. The summed E-state index contributed by atoms with van der Waals surface area (Å²) in [6.45, 7) is 1.91. The first-order valence-corrected chi connectivity index (χ1v) is 9.61. The SMILES string of the molecule is Cc1cc(S(=O)(=O)N(C)C2CC3CCC(C2)N3)ccc1Br.Cl. The van der Waals surface area contributed by atoms with Crippen molar-refractivity contribution in [2.24, 2.45) is 0 Å². The van der Waals surface area contributed by atoms with Crippen molar-refractivity contribution >= 4 is 38.4 Å². The first-order valence-electron chi connectivity index (χ1n) is 7.38. The van der Waals surface area contributed by atoms with E-state index < -0.39 is 10.0 Å². The van der Waals surface area contributed by atoms with Crippen LogP contribution in [0, 0.1) is 6.92 Å². The Morgan fingerprint density at radius 1 is 1.23 bits per heavy atom. The molecular formula is C15H22BrClN2O2S. The number of nitrogens with zero attached hydrogens (tertiary/aromatic N) is 1. The highest BCUT2D eigenvalue weighted by molar-refractivity contribution is 9.10. The van der Waals surface area contributed by atoms with Crippen molar-refractivity contribution in [2.45, 2.75) is 55.6 Å². The highest BCUT2D eigenvalue weighted by Crippen LogP contribution is 2.32. The number of rotatable bonds is 3. The van der Waals surface area contributed by atoms with Crippen LogP contribution in [0.3, 0.4) is 0 Å². The molecule has 22 heavy (non-hydrogen) atoms. The van der Waals surface area contributed by atoms with E-state index in [0.29, 0.717) is 17.0 Å². The maximum atomic E-state index is 12.8. The summed E-state index contributed by atoms with van der Waals surface area (Å²) in [6.07, 6.45) is 4.18. The van der Waals surface area contributed by atoms with Crippen LogP contribution < -0.4 is 5.32 Å². The van der Waals surface area contributed by atoms with E-state index in [1.807, 2.05) is 13.0 Å². The van der Waals surface area contributed by atoms with Crippen molar-refractivity contribution in [1.29, 1.82) is 0 Å². The van der Waals surface area contributed by atoms with E-state index in [1.165, 1.54) is 12.8 Å². The molecule has 0 saturated carbocycles. The quantitative estimate of drug-likeness (QED) is 0.834. The molecule has 1 aromatic rings. The van der Waals surface area contributed by atoms with Gasteiger partial charge in [-0.25, -0.2) is 8.42 Å². The van der Waals surface area contributed by atoms with Crippen molar-refractivity contribution in [3.05, 3.63) is 28.2 Å². The highest BCUT2D eigenvalue weighted by atomic mass is 79.9. The van der Waals surface area contributed by atoms with Crippen LogP contribution in [0.15, 0.2) is 27.6 Å². The zero-order chi connectivity index (χ0) is 15.2. The zero-order valence-electron chi connectivity index (χ0n) is 12.8. The standard InChI is InChI=1S/C15H21BrN2O2S.ClH/c1-10-7-14(5-6-15(10)16)21(19,20)18(2)13-8-11-3-4-12(9-13)17-11;/h5-7,11-13,17H,3-4,8-9H2,1-2H3;1H. The molecule has 1 aromatic carbocycles. The Morgan fingerprint density at radius 2 is 1.82 bits per heavy atom. The van der Waals surface area contributed by atoms with Crippen molar-refractivity contribution < 1.29 is 8.42 Å². The lowest BCUT2D eigenvalue weighted by Crippen LogP contribution is -2.48. The van der Waals surface area contributed by atoms with E-state index in [-0.39, 0.29) is 18.4 Å². The van der Waals surface area contributed by atoms with Crippen LogP contribution in [0.2, 0.25) is 0 Å². The molecule has 2 bridgehead atoms. The van der Waals surface area contributed by atoms with Crippen LogP contribution in [-0.4, -0.2) is 37.9 Å². The first kappa shape index (κ1) is 18.2. The molecule has 2 saturated heterocycles. The Labute approximate surface area is 147 Å². The number of sulfonamides is 1. The second kappa shape index (κ2) is 6.77. The Hall–Kier alpha value is -0.140. The monoisotopic (exact) mass is 408 g/mol. The minimum atomic E-state index is -3.41. The molecule has 0 aromatic heterocycles. The third-order valence-electron chi connectivity index (χ3n) is 4.77. The van der Waals surface area contributed by atoms with Gasteiger partial charge in [0.2, 0.25) is 10.0 Å². The molecule has 2 aliphatic heterocycles. The number of aryl methyl sites for hydroxylation is 1. The maximum absolute atomic E-state index is 12.8. The fourth-order valence-corrected chi connectivity index (χ4v) is 5.17. The summed E-state index contributed by atoms with van der Waals surface area (Å²) in [4.78, 5) is 0.386. The fraction of sp³-hybridized carbons (Fsp3) is 0.600. The predicted molar refractivity (Wildman–Crippen MR) is 94.0 cm³/mol. The molecule has 0 amide bonds. The molecule has 0 radical (unpaired) electrons. The van der Waals surface area contributed by atoms with Crippen LogP contribution in [0.5, 0.6) is 0 Å².